The molecule has 1 unspecified atom stereocenters. The fourth-order valence-electron chi connectivity index (χ4n) is 8.02. The molecular formula is C48H46F12N8O8. The molecule has 5 N–H and O–H groups in total. The van der Waals surface area contributed by atoms with Gasteiger partial charge in [0.2, 0.25) is 23.0 Å². The molecule has 0 amide bonds. The van der Waals surface area contributed by atoms with Crippen molar-refractivity contribution >= 4 is 17.2 Å². The van der Waals surface area contributed by atoms with E-state index >= 15 is 0 Å². The van der Waals surface area contributed by atoms with Gasteiger partial charge >= 0.3 is 24.7 Å². The summed E-state index contributed by atoms with van der Waals surface area (Å²) in [5.74, 6) is -6.07. The summed E-state index contributed by atoms with van der Waals surface area (Å²) in [5, 5.41) is 24.7. The van der Waals surface area contributed by atoms with E-state index in [1.54, 1.807) is 48.5 Å². The third kappa shape index (κ3) is 12.8. The average molecular weight is 1090 g/mol. The Kier molecular flexibility index (Phi) is 16.6. The van der Waals surface area contributed by atoms with E-state index in [4.69, 9.17) is 39.2 Å². The van der Waals surface area contributed by atoms with Crippen LogP contribution in [0, 0.1) is 0 Å². The summed E-state index contributed by atoms with van der Waals surface area (Å²) in [4.78, 5) is 20.4. The van der Waals surface area contributed by atoms with Crippen LogP contribution in [0.15, 0.2) is 81.6 Å². The zero-order valence-corrected chi connectivity index (χ0v) is 39.9. The van der Waals surface area contributed by atoms with Crippen LogP contribution in [0.4, 0.5) is 64.1 Å². The van der Waals surface area contributed by atoms with Gasteiger partial charge in [0.1, 0.15) is 16.9 Å². The zero-order valence-electron chi connectivity index (χ0n) is 39.9. The molecule has 8 rings (SSSR count). The highest BCUT2D eigenvalue weighted by Gasteiger charge is 2.63. The number of nitrogen functional groups attached to an aromatic ring is 2. The van der Waals surface area contributed by atoms with E-state index in [0.717, 1.165) is 0 Å². The summed E-state index contributed by atoms with van der Waals surface area (Å²) < 4.78 is 202. The number of ether oxygens (including phenoxy) is 4. The Morgan fingerprint density at radius 2 is 1.04 bits per heavy atom. The third-order valence-electron chi connectivity index (χ3n) is 12.0. The van der Waals surface area contributed by atoms with Crippen LogP contribution < -0.4 is 20.9 Å². The Bertz CT molecular complexity index is 2940. The summed E-state index contributed by atoms with van der Waals surface area (Å²) in [6, 6.07) is 17.0. The standard InChI is InChI=1S/C24H24F6N4O4.C24H22F6N4O4/c2*1-13-6-5-9-15(35)11-22(24(28,29)30,36-12-14-7-3-2-4-8-14)21-34-33-20(38-21)18-17(31)10-16(23(25,26)27)19(32-18)37-13/h2-4,7-8,10,13,15,35H,5-6,9,11-12,31H2,1H3;2-4,7-8,10,13H,5-6,9,11-12,31H2,1H3/t13-,15?,22-;13-,22-/m11/s1. The lowest BCUT2D eigenvalue weighted by molar-refractivity contribution is -0.305. The number of fused-ring (bicyclic) bond motifs is 10. The summed E-state index contributed by atoms with van der Waals surface area (Å²) >= 11 is 0. The Labute approximate surface area is 423 Å². The second-order valence-electron chi connectivity index (χ2n) is 17.8. The molecule has 28 heteroatoms. The fraction of sp³-hybridized carbons (Fsp3) is 0.438. The minimum atomic E-state index is -5.20. The van der Waals surface area contributed by atoms with E-state index in [2.05, 4.69) is 30.4 Å². The number of pyridine rings is 2. The van der Waals surface area contributed by atoms with Crippen molar-refractivity contribution in [3.63, 3.8) is 0 Å². The largest absolute Gasteiger partial charge is 0.474 e. The molecule has 410 valence electrons. The number of anilines is 2. The number of aliphatic hydroxyl groups excluding tert-OH is 1. The van der Waals surface area contributed by atoms with Crippen molar-refractivity contribution in [1.29, 1.82) is 0 Å². The van der Waals surface area contributed by atoms with Gasteiger partial charge in [0.05, 0.1) is 49.3 Å². The van der Waals surface area contributed by atoms with Crippen molar-refractivity contribution in [1.82, 2.24) is 30.4 Å². The molecule has 0 saturated heterocycles. The molecule has 0 spiro atoms. The van der Waals surface area contributed by atoms with Crippen molar-refractivity contribution < 1.29 is 90.4 Å². The lowest BCUT2D eigenvalue weighted by Crippen LogP contribution is -2.47. The third-order valence-corrected chi connectivity index (χ3v) is 12.0. The monoisotopic (exact) mass is 1090 g/mol. The number of Topliss-reactive ketones (excluding diaryl/α,β-unsaturated/α-hetero) is 1. The van der Waals surface area contributed by atoms with Crippen molar-refractivity contribution in [2.45, 2.75) is 133 Å². The number of aliphatic hydroxyl groups is 1. The normalized spacial score (nSPS) is 22.0. The molecule has 0 radical (unpaired) electrons. The van der Waals surface area contributed by atoms with Gasteiger partial charge in [-0.25, -0.2) is 9.97 Å². The minimum Gasteiger partial charge on any atom is -0.474 e. The number of carbonyl (C=O) groups is 1. The number of hydrogen-bond acceptors (Lipinski definition) is 16. The van der Waals surface area contributed by atoms with E-state index in [1.165, 1.54) is 26.0 Å². The molecule has 6 aromatic rings. The van der Waals surface area contributed by atoms with Crippen molar-refractivity contribution in [2.24, 2.45) is 0 Å². The predicted molar refractivity (Wildman–Crippen MR) is 240 cm³/mol. The summed E-state index contributed by atoms with van der Waals surface area (Å²) in [6.45, 7) is 1.85. The topological polar surface area (TPSA) is 230 Å². The maximum atomic E-state index is 14.7. The lowest BCUT2D eigenvalue weighted by atomic mass is 9.92. The zero-order chi connectivity index (χ0) is 55.4. The number of rotatable bonds is 6. The molecule has 4 aromatic heterocycles. The van der Waals surface area contributed by atoms with E-state index in [9.17, 15) is 62.6 Å². The van der Waals surface area contributed by atoms with Gasteiger partial charge in [-0.1, -0.05) is 60.7 Å². The smallest absolute Gasteiger partial charge is 0.427 e. The van der Waals surface area contributed by atoms with Crippen LogP contribution in [0.2, 0.25) is 0 Å². The van der Waals surface area contributed by atoms with E-state index in [1.807, 2.05) is 0 Å². The molecule has 2 aromatic carbocycles. The first-order valence-corrected chi connectivity index (χ1v) is 23.1. The molecule has 16 nitrogen and oxygen atoms in total. The maximum Gasteiger partial charge on any atom is 0.427 e. The van der Waals surface area contributed by atoms with Crippen LogP contribution >= 0.6 is 0 Å². The highest BCUT2D eigenvalue weighted by atomic mass is 19.4. The van der Waals surface area contributed by atoms with E-state index in [0.29, 0.717) is 23.3 Å². The lowest BCUT2D eigenvalue weighted by Gasteiger charge is -2.34. The van der Waals surface area contributed by atoms with Crippen LogP contribution in [0.1, 0.15) is 99.2 Å². The van der Waals surface area contributed by atoms with E-state index < -0.39 is 155 Å². The number of nitrogens with zero attached hydrogens (tertiary/aromatic N) is 6. The van der Waals surface area contributed by atoms with Crippen LogP contribution in [-0.4, -0.2) is 71.9 Å². The molecule has 0 aliphatic carbocycles. The molecule has 2 aliphatic heterocycles. The molecule has 2 aliphatic rings. The minimum absolute atomic E-state index is 0.0326. The number of benzene rings is 2. The molecule has 0 saturated carbocycles. The number of carbonyl (C=O) groups excluding carboxylic acids is 1. The van der Waals surface area contributed by atoms with Gasteiger partial charge in [0, 0.05) is 12.8 Å². The number of alkyl halides is 12. The molecule has 76 heavy (non-hydrogen) atoms. The molecule has 8 bridgehead atoms. The van der Waals surface area contributed by atoms with Crippen molar-refractivity contribution in [3.8, 4) is 34.9 Å². The molecule has 6 heterocycles. The summed E-state index contributed by atoms with van der Waals surface area (Å²) in [6.07, 6.45) is -25.6. The maximum absolute atomic E-state index is 14.7. The fourth-order valence-corrected chi connectivity index (χ4v) is 8.02. The second-order valence-corrected chi connectivity index (χ2v) is 17.8. The number of halogens is 12. The van der Waals surface area contributed by atoms with Crippen molar-refractivity contribution in [3.05, 3.63) is 107 Å². The SMILES string of the molecule is C[C@@H]1CCCC(=O)C[C@](OCc2ccccc2)(C(F)(F)F)c2nnc(o2)-c2nc(c(C(F)(F)F)cc2N)O1.C[C@@H]1CCCC(O)C[C@](OCc2ccccc2)(C(F)(F)F)c2nnc(o2)-c2nc(c(C(F)(F)F)cc2N)O1. The molecule has 5 atom stereocenters. The first-order chi connectivity index (χ1) is 35.6. The number of ketones is 1. The Balaban J connectivity index is 0.000000221. The van der Waals surface area contributed by atoms with Gasteiger partial charge in [-0.05, 0) is 69.2 Å². The number of hydrogen-bond donors (Lipinski definition) is 3. The Morgan fingerprint density at radius 3 is 1.47 bits per heavy atom. The van der Waals surface area contributed by atoms with Gasteiger partial charge < -0.3 is 44.4 Å². The van der Waals surface area contributed by atoms with Gasteiger partial charge in [0.25, 0.3) is 23.6 Å². The number of aromatic nitrogens is 6. The van der Waals surface area contributed by atoms with Crippen LogP contribution in [0.3, 0.4) is 0 Å². The van der Waals surface area contributed by atoms with Crippen molar-refractivity contribution in [2.75, 3.05) is 11.5 Å². The Morgan fingerprint density at radius 1 is 0.618 bits per heavy atom. The molecular weight excluding hydrogens is 1040 g/mol. The Hall–Kier alpha value is -7.07. The first kappa shape index (κ1) is 56.7. The highest BCUT2D eigenvalue weighted by molar-refractivity contribution is 5.79. The first-order valence-electron chi connectivity index (χ1n) is 23.1. The van der Waals surface area contributed by atoms with Gasteiger partial charge in [0.15, 0.2) is 11.4 Å². The quantitative estimate of drug-likeness (QED) is 0.132. The second kappa shape index (κ2) is 22.3. The number of nitrogens with two attached hydrogens (primary N) is 2. The van der Waals surface area contributed by atoms with E-state index in [-0.39, 0.29) is 38.5 Å². The molecule has 0 fully saturated rings. The summed E-state index contributed by atoms with van der Waals surface area (Å²) in [5.41, 5.74) is 1.05. The highest BCUT2D eigenvalue weighted by Crippen LogP contribution is 2.50. The van der Waals surface area contributed by atoms with Crippen LogP contribution in [0.5, 0.6) is 11.8 Å². The summed E-state index contributed by atoms with van der Waals surface area (Å²) in [7, 11) is 0. The predicted octanol–water partition coefficient (Wildman–Crippen LogP) is 11.0. The van der Waals surface area contributed by atoms with Gasteiger partial charge in [-0.2, -0.15) is 52.7 Å². The van der Waals surface area contributed by atoms with Gasteiger partial charge in [-0.15, -0.1) is 20.4 Å². The van der Waals surface area contributed by atoms with Crippen LogP contribution in [-0.2, 0) is 51.0 Å². The van der Waals surface area contributed by atoms with Crippen LogP contribution in [0.25, 0.3) is 23.2 Å². The van der Waals surface area contributed by atoms with Gasteiger partial charge in [-0.3, -0.25) is 4.79 Å². The average Bonchev–Trinajstić information content (AvgIpc) is 4.03.